The van der Waals surface area contributed by atoms with Crippen LogP contribution in [0.2, 0.25) is 0 Å². The van der Waals surface area contributed by atoms with Crippen LogP contribution in [0.1, 0.15) is 34.7 Å². The molecule has 0 spiro atoms. The molecule has 5 heterocycles. The summed E-state index contributed by atoms with van der Waals surface area (Å²) in [7, 11) is 0. The Morgan fingerprint density at radius 3 is 2.71 bits per heavy atom. The zero-order chi connectivity index (χ0) is 24.1. The summed E-state index contributed by atoms with van der Waals surface area (Å²) in [6.45, 7) is 7.14. The molecular formula is C26H25N5O3S. The van der Waals surface area contributed by atoms with Gasteiger partial charge in [0.2, 0.25) is 5.43 Å². The number of nitrogens with one attached hydrogen (secondary N) is 1. The van der Waals surface area contributed by atoms with Crippen LogP contribution in [0.3, 0.4) is 0 Å². The molecule has 0 radical (unpaired) electrons. The second-order valence-electron chi connectivity index (χ2n) is 8.99. The summed E-state index contributed by atoms with van der Waals surface area (Å²) >= 11 is 1.43. The SMILES string of the molecule is Cc1noc(C)c1-c1ccc2c(=O)c(C(=O)NCCN3CCCC3)c3sc4ccccc4n3c2n1. The van der Waals surface area contributed by atoms with Crippen molar-refractivity contribution in [2.45, 2.75) is 26.7 Å². The third-order valence-electron chi connectivity index (χ3n) is 6.72. The van der Waals surface area contributed by atoms with Gasteiger partial charge in [0.05, 0.1) is 32.6 Å². The molecule has 1 N–H and O–H groups in total. The van der Waals surface area contributed by atoms with E-state index in [1.165, 1.54) is 24.2 Å². The molecule has 1 amide bonds. The number of likely N-dealkylation sites (tertiary alicyclic amines) is 1. The molecule has 0 atom stereocenters. The van der Waals surface area contributed by atoms with Gasteiger partial charge in [0.15, 0.2) is 0 Å². The minimum absolute atomic E-state index is 0.173. The largest absolute Gasteiger partial charge is 0.361 e. The fraction of sp³-hybridized carbons (Fsp3) is 0.308. The number of rotatable bonds is 5. The molecule has 0 saturated carbocycles. The van der Waals surface area contributed by atoms with Crippen molar-refractivity contribution in [1.29, 1.82) is 0 Å². The third-order valence-corrected chi connectivity index (χ3v) is 7.86. The van der Waals surface area contributed by atoms with Crippen LogP contribution in [0.5, 0.6) is 0 Å². The van der Waals surface area contributed by atoms with Crippen LogP contribution in [-0.2, 0) is 0 Å². The first kappa shape index (κ1) is 21.9. The number of pyridine rings is 2. The summed E-state index contributed by atoms with van der Waals surface area (Å²) < 4.78 is 8.26. The molecule has 0 aliphatic carbocycles. The second kappa shape index (κ2) is 8.58. The second-order valence-corrected chi connectivity index (χ2v) is 10.0. The highest BCUT2D eigenvalue weighted by molar-refractivity contribution is 7.24. The molecule has 1 fully saturated rings. The van der Waals surface area contributed by atoms with Crippen molar-refractivity contribution in [3.05, 3.63) is 63.6 Å². The first-order chi connectivity index (χ1) is 17.0. The third kappa shape index (κ3) is 3.62. The fourth-order valence-corrected chi connectivity index (χ4v) is 6.18. The van der Waals surface area contributed by atoms with Gasteiger partial charge in [0, 0.05) is 13.1 Å². The Bertz CT molecular complexity index is 1640. The summed E-state index contributed by atoms with van der Waals surface area (Å²) in [4.78, 5) is 34.8. The van der Waals surface area contributed by atoms with Crippen molar-refractivity contribution in [2.24, 2.45) is 0 Å². The number of fused-ring (bicyclic) bond motifs is 5. The summed E-state index contributed by atoms with van der Waals surface area (Å²) in [5.74, 6) is 0.331. The highest BCUT2D eigenvalue weighted by Gasteiger charge is 2.24. The van der Waals surface area contributed by atoms with Crippen LogP contribution in [0.4, 0.5) is 0 Å². The smallest absolute Gasteiger partial charge is 0.258 e. The van der Waals surface area contributed by atoms with Crippen LogP contribution >= 0.6 is 11.3 Å². The number of para-hydroxylation sites is 1. The molecule has 1 saturated heterocycles. The van der Waals surface area contributed by atoms with Gasteiger partial charge in [-0.3, -0.25) is 14.0 Å². The Labute approximate surface area is 205 Å². The molecule has 8 nitrogen and oxygen atoms in total. The molecule has 5 aromatic rings. The maximum atomic E-state index is 13.7. The number of amides is 1. The van der Waals surface area contributed by atoms with Crippen molar-refractivity contribution in [1.82, 2.24) is 24.8 Å². The molecule has 1 aliphatic heterocycles. The Balaban J connectivity index is 1.53. The molecule has 0 unspecified atom stereocenters. The van der Waals surface area contributed by atoms with E-state index in [4.69, 9.17) is 9.51 Å². The number of aryl methyl sites for hydroxylation is 2. The number of carbonyl (C=O) groups excluding carboxylic acids is 1. The zero-order valence-electron chi connectivity index (χ0n) is 19.6. The first-order valence-corrected chi connectivity index (χ1v) is 12.7. The van der Waals surface area contributed by atoms with E-state index in [1.807, 2.05) is 42.5 Å². The predicted octanol–water partition coefficient (Wildman–Crippen LogP) is 4.16. The summed E-state index contributed by atoms with van der Waals surface area (Å²) in [6.07, 6.45) is 2.40. The van der Waals surface area contributed by atoms with Crippen molar-refractivity contribution in [3.8, 4) is 11.3 Å². The van der Waals surface area contributed by atoms with Crippen molar-refractivity contribution in [2.75, 3.05) is 26.2 Å². The van der Waals surface area contributed by atoms with Crippen molar-refractivity contribution in [3.63, 3.8) is 0 Å². The molecule has 6 rings (SSSR count). The average molecular weight is 488 g/mol. The highest BCUT2D eigenvalue weighted by Crippen LogP contribution is 2.32. The lowest BCUT2D eigenvalue weighted by Gasteiger charge is -2.15. The van der Waals surface area contributed by atoms with E-state index in [-0.39, 0.29) is 16.9 Å². The van der Waals surface area contributed by atoms with E-state index in [2.05, 4.69) is 15.4 Å². The number of hydrogen-bond donors (Lipinski definition) is 1. The number of hydrogen-bond acceptors (Lipinski definition) is 7. The van der Waals surface area contributed by atoms with Gasteiger partial charge in [-0.1, -0.05) is 17.3 Å². The van der Waals surface area contributed by atoms with Gasteiger partial charge in [-0.15, -0.1) is 11.3 Å². The number of thiazole rings is 1. The normalized spacial score (nSPS) is 14.5. The first-order valence-electron chi connectivity index (χ1n) is 11.8. The van der Waals surface area contributed by atoms with E-state index < -0.39 is 0 Å². The molecule has 178 valence electrons. The number of benzene rings is 1. The molecular weight excluding hydrogens is 462 g/mol. The van der Waals surface area contributed by atoms with E-state index in [1.54, 1.807) is 12.1 Å². The fourth-order valence-electron chi connectivity index (χ4n) is 5.00. The lowest BCUT2D eigenvalue weighted by Crippen LogP contribution is -2.35. The van der Waals surface area contributed by atoms with E-state index in [0.29, 0.717) is 33.9 Å². The minimum atomic E-state index is -0.338. The molecule has 4 aromatic heterocycles. The summed E-state index contributed by atoms with van der Waals surface area (Å²) in [6, 6.07) is 11.4. The maximum Gasteiger partial charge on any atom is 0.258 e. The lowest BCUT2D eigenvalue weighted by atomic mass is 10.1. The Hall–Kier alpha value is -3.56. The van der Waals surface area contributed by atoms with Gasteiger partial charge in [0.25, 0.3) is 5.91 Å². The number of aromatic nitrogens is 3. The van der Waals surface area contributed by atoms with Crippen LogP contribution in [0.25, 0.3) is 37.3 Å². The van der Waals surface area contributed by atoms with E-state index >= 15 is 0 Å². The van der Waals surface area contributed by atoms with Crippen LogP contribution in [-0.4, -0.2) is 51.5 Å². The van der Waals surface area contributed by atoms with E-state index in [0.717, 1.165) is 41.1 Å². The van der Waals surface area contributed by atoms with Crippen LogP contribution in [0.15, 0.2) is 45.7 Å². The van der Waals surface area contributed by atoms with Crippen molar-refractivity contribution < 1.29 is 9.32 Å². The summed E-state index contributed by atoms with van der Waals surface area (Å²) in [5, 5.41) is 7.45. The number of nitrogens with zero attached hydrogens (tertiary/aromatic N) is 4. The highest BCUT2D eigenvalue weighted by atomic mass is 32.1. The van der Waals surface area contributed by atoms with Gasteiger partial charge in [-0.2, -0.15) is 0 Å². The van der Waals surface area contributed by atoms with Gasteiger partial charge >= 0.3 is 0 Å². The Morgan fingerprint density at radius 1 is 1.14 bits per heavy atom. The standard InChI is InChI=1S/C26H25N5O3S/c1-15-21(16(2)34-29-15)18-10-9-17-23(32)22(25(33)27-11-14-30-12-5-6-13-30)26-31(24(17)28-18)19-7-3-4-8-20(19)35-26/h3-4,7-10H,5-6,11-14H2,1-2H3,(H,27,33). The Morgan fingerprint density at radius 2 is 1.94 bits per heavy atom. The van der Waals surface area contributed by atoms with Gasteiger partial charge < -0.3 is 14.7 Å². The minimum Gasteiger partial charge on any atom is -0.361 e. The topological polar surface area (TPSA) is 92.7 Å². The Kier molecular flexibility index (Phi) is 5.38. The summed E-state index contributed by atoms with van der Waals surface area (Å²) in [5.41, 5.74) is 3.54. The van der Waals surface area contributed by atoms with Gasteiger partial charge in [0.1, 0.15) is 21.8 Å². The van der Waals surface area contributed by atoms with Crippen molar-refractivity contribution >= 4 is 43.3 Å². The molecule has 1 aliphatic rings. The molecule has 0 bridgehead atoms. The maximum absolute atomic E-state index is 13.7. The van der Waals surface area contributed by atoms with E-state index in [9.17, 15) is 9.59 Å². The van der Waals surface area contributed by atoms with Gasteiger partial charge in [-0.05, 0) is 64.0 Å². The predicted molar refractivity (Wildman–Crippen MR) is 137 cm³/mol. The average Bonchev–Trinajstić information content (AvgIpc) is 3.58. The number of carbonyl (C=O) groups is 1. The molecule has 35 heavy (non-hydrogen) atoms. The quantitative estimate of drug-likeness (QED) is 0.400. The van der Waals surface area contributed by atoms with Crippen LogP contribution in [0, 0.1) is 13.8 Å². The van der Waals surface area contributed by atoms with Gasteiger partial charge in [-0.25, -0.2) is 4.98 Å². The van der Waals surface area contributed by atoms with Crippen LogP contribution < -0.4 is 10.7 Å². The lowest BCUT2D eigenvalue weighted by molar-refractivity contribution is 0.0950. The molecule has 1 aromatic carbocycles. The molecule has 9 heteroatoms. The monoisotopic (exact) mass is 487 g/mol. The zero-order valence-corrected chi connectivity index (χ0v) is 20.4.